The molecule has 0 N–H and O–H groups in total. The Balaban J connectivity index is 1.17. The summed E-state index contributed by atoms with van der Waals surface area (Å²) in [5, 5.41) is 0. The van der Waals surface area contributed by atoms with Gasteiger partial charge in [-0.25, -0.2) is 0 Å². The molecular weight excluding hydrogens is 408 g/mol. The first kappa shape index (κ1) is 23.9. The first-order chi connectivity index (χ1) is 15.7. The smallest absolute Gasteiger partial charge is 0.0474 e. The minimum atomic E-state index is 0.585. The molecule has 0 aliphatic heterocycles. The van der Waals surface area contributed by atoms with Crippen molar-refractivity contribution in [3.05, 3.63) is 59.7 Å². The van der Waals surface area contributed by atoms with Crippen molar-refractivity contribution in [1.82, 2.24) is 0 Å². The number of halogens is 1. The molecular formula is C31H43Cl. The van der Waals surface area contributed by atoms with E-state index < -0.39 is 0 Å². The fourth-order valence-electron chi connectivity index (χ4n) is 6.41. The Morgan fingerprint density at radius 3 is 1.56 bits per heavy atom. The second-order valence-electron chi connectivity index (χ2n) is 10.8. The van der Waals surface area contributed by atoms with E-state index in [9.17, 15) is 0 Å². The molecule has 2 aromatic rings. The second kappa shape index (κ2) is 12.3. The first-order valence-corrected chi connectivity index (χ1v) is 14.0. The molecule has 4 rings (SSSR count). The summed E-state index contributed by atoms with van der Waals surface area (Å²) in [4.78, 5) is 0. The highest BCUT2D eigenvalue weighted by Gasteiger charge is 2.30. The third-order valence-electron chi connectivity index (χ3n) is 8.65. The standard InChI is InChI=1S/C31H43Cl/c1-2-3-4-24-7-15-28(16-8-24)29-17-9-25(10-18-29)5-6-26-11-19-30(20-12-26)31-21-13-27(23-32)14-22-31/h11-14,19-22,24-25,28-29H,2-10,15-18,23H2,1H3. The van der Waals surface area contributed by atoms with Gasteiger partial charge in [-0.15, -0.1) is 11.6 Å². The topological polar surface area (TPSA) is 0 Å². The third kappa shape index (κ3) is 6.63. The van der Waals surface area contributed by atoms with Gasteiger partial charge in [0.2, 0.25) is 0 Å². The maximum absolute atomic E-state index is 5.91. The van der Waals surface area contributed by atoms with Gasteiger partial charge in [0, 0.05) is 5.88 Å². The number of hydrogen-bond donors (Lipinski definition) is 0. The molecule has 174 valence electrons. The van der Waals surface area contributed by atoms with E-state index in [2.05, 4.69) is 55.5 Å². The highest BCUT2D eigenvalue weighted by Crippen LogP contribution is 2.43. The Labute approximate surface area is 202 Å². The Bertz CT molecular complexity index is 774. The average Bonchev–Trinajstić information content (AvgIpc) is 2.87. The van der Waals surface area contributed by atoms with Crippen LogP contribution >= 0.6 is 11.6 Å². The maximum atomic E-state index is 5.91. The number of rotatable bonds is 9. The van der Waals surface area contributed by atoms with Crippen LogP contribution in [0.15, 0.2) is 48.5 Å². The minimum Gasteiger partial charge on any atom is -0.122 e. The monoisotopic (exact) mass is 450 g/mol. The average molecular weight is 451 g/mol. The molecule has 0 saturated heterocycles. The van der Waals surface area contributed by atoms with Gasteiger partial charge in [0.25, 0.3) is 0 Å². The minimum absolute atomic E-state index is 0.585. The lowest BCUT2D eigenvalue weighted by atomic mass is 9.68. The largest absolute Gasteiger partial charge is 0.122 e. The summed E-state index contributed by atoms with van der Waals surface area (Å²) in [5.41, 5.74) is 5.27. The van der Waals surface area contributed by atoms with E-state index in [-0.39, 0.29) is 0 Å². The van der Waals surface area contributed by atoms with Crippen LogP contribution in [-0.2, 0) is 12.3 Å². The molecule has 0 radical (unpaired) electrons. The van der Waals surface area contributed by atoms with E-state index in [1.807, 2.05) is 0 Å². The molecule has 0 unspecified atom stereocenters. The van der Waals surface area contributed by atoms with Crippen LogP contribution in [-0.4, -0.2) is 0 Å². The number of hydrogen-bond acceptors (Lipinski definition) is 0. The molecule has 0 bridgehead atoms. The molecule has 0 atom stereocenters. The summed E-state index contributed by atoms with van der Waals surface area (Å²) in [6.07, 6.45) is 19.0. The highest BCUT2D eigenvalue weighted by atomic mass is 35.5. The SMILES string of the molecule is CCCCC1CCC(C2CCC(CCc3ccc(-c4ccc(CCl)cc4)cc3)CC2)CC1. The Hall–Kier alpha value is -1.27. The molecule has 2 aliphatic rings. The lowest BCUT2D eigenvalue weighted by Gasteiger charge is -2.38. The number of aryl methyl sites for hydroxylation is 1. The Kier molecular flexibility index (Phi) is 9.15. The van der Waals surface area contributed by atoms with Gasteiger partial charge in [-0.05, 0) is 84.5 Å². The molecule has 0 heterocycles. The third-order valence-corrected chi connectivity index (χ3v) is 8.96. The quantitative estimate of drug-likeness (QED) is 0.333. The summed E-state index contributed by atoms with van der Waals surface area (Å²) in [6, 6.07) is 17.9. The summed E-state index contributed by atoms with van der Waals surface area (Å²) < 4.78 is 0. The highest BCUT2D eigenvalue weighted by molar-refractivity contribution is 6.17. The van der Waals surface area contributed by atoms with Crippen LogP contribution < -0.4 is 0 Å². The predicted octanol–water partition coefficient (Wildman–Crippen LogP) is 9.83. The molecule has 0 spiro atoms. The molecule has 0 aromatic heterocycles. The van der Waals surface area contributed by atoms with E-state index in [0.29, 0.717) is 5.88 Å². The van der Waals surface area contributed by atoms with E-state index >= 15 is 0 Å². The van der Waals surface area contributed by atoms with Crippen LogP contribution in [0.3, 0.4) is 0 Å². The number of alkyl halides is 1. The van der Waals surface area contributed by atoms with Gasteiger partial charge in [-0.2, -0.15) is 0 Å². The van der Waals surface area contributed by atoms with Crippen molar-refractivity contribution in [2.24, 2.45) is 23.7 Å². The molecule has 2 fully saturated rings. The van der Waals surface area contributed by atoms with Gasteiger partial charge in [-0.1, -0.05) is 100 Å². The van der Waals surface area contributed by atoms with Gasteiger partial charge in [0.05, 0.1) is 0 Å². The van der Waals surface area contributed by atoms with Crippen molar-refractivity contribution in [2.45, 2.75) is 96.3 Å². The zero-order chi connectivity index (χ0) is 22.2. The molecule has 2 saturated carbocycles. The van der Waals surface area contributed by atoms with Crippen LogP contribution in [0.5, 0.6) is 0 Å². The van der Waals surface area contributed by atoms with Gasteiger partial charge < -0.3 is 0 Å². The van der Waals surface area contributed by atoms with Crippen LogP contribution in [0.1, 0.15) is 95.1 Å². The molecule has 0 amide bonds. The first-order valence-electron chi connectivity index (χ1n) is 13.5. The fraction of sp³-hybridized carbons (Fsp3) is 0.613. The van der Waals surface area contributed by atoms with Crippen LogP contribution in [0.25, 0.3) is 11.1 Å². The molecule has 32 heavy (non-hydrogen) atoms. The zero-order valence-electron chi connectivity index (χ0n) is 20.2. The fourth-order valence-corrected chi connectivity index (χ4v) is 6.59. The maximum Gasteiger partial charge on any atom is 0.0474 e. The van der Waals surface area contributed by atoms with E-state index in [1.54, 1.807) is 0 Å². The molecule has 2 aliphatic carbocycles. The molecule has 1 heteroatoms. The van der Waals surface area contributed by atoms with E-state index in [0.717, 1.165) is 23.7 Å². The van der Waals surface area contributed by atoms with Crippen molar-refractivity contribution in [3.63, 3.8) is 0 Å². The van der Waals surface area contributed by atoms with Crippen LogP contribution in [0.2, 0.25) is 0 Å². The Morgan fingerprint density at radius 1 is 0.625 bits per heavy atom. The number of benzene rings is 2. The van der Waals surface area contributed by atoms with Crippen molar-refractivity contribution >= 4 is 11.6 Å². The van der Waals surface area contributed by atoms with Crippen molar-refractivity contribution in [2.75, 3.05) is 0 Å². The van der Waals surface area contributed by atoms with Crippen molar-refractivity contribution in [3.8, 4) is 11.1 Å². The van der Waals surface area contributed by atoms with E-state index in [4.69, 9.17) is 11.6 Å². The van der Waals surface area contributed by atoms with Gasteiger partial charge >= 0.3 is 0 Å². The van der Waals surface area contributed by atoms with E-state index in [1.165, 1.54) is 106 Å². The van der Waals surface area contributed by atoms with Crippen molar-refractivity contribution < 1.29 is 0 Å². The normalized spacial score (nSPS) is 26.2. The lowest BCUT2D eigenvalue weighted by molar-refractivity contribution is 0.140. The summed E-state index contributed by atoms with van der Waals surface area (Å²) in [6.45, 7) is 2.34. The number of unbranched alkanes of at least 4 members (excludes halogenated alkanes) is 1. The molecule has 2 aromatic carbocycles. The predicted molar refractivity (Wildman–Crippen MR) is 140 cm³/mol. The van der Waals surface area contributed by atoms with Crippen LogP contribution in [0, 0.1) is 23.7 Å². The molecule has 0 nitrogen and oxygen atoms in total. The van der Waals surface area contributed by atoms with Gasteiger partial charge in [-0.3, -0.25) is 0 Å². The summed E-state index contributed by atoms with van der Waals surface area (Å²) >= 11 is 5.91. The van der Waals surface area contributed by atoms with Crippen LogP contribution in [0.4, 0.5) is 0 Å². The van der Waals surface area contributed by atoms with Gasteiger partial charge in [0.15, 0.2) is 0 Å². The summed E-state index contributed by atoms with van der Waals surface area (Å²) in [7, 11) is 0. The van der Waals surface area contributed by atoms with Gasteiger partial charge in [0.1, 0.15) is 0 Å². The Morgan fingerprint density at radius 2 is 1.09 bits per heavy atom. The summed E-state index contributed by atoms with van der Waals surface area (Å²) in [5.74, 6) is 4.69. The zero-order valence-corrected chi connectivity index (χ0v) is 21.0. The lowest BCUT2D eigenvalue weighted by Crippen LogP contribution is -2.26. The second-order valence-corrected chi connectivity index (χ2v) is 11.0. The van der Waals surface area contributed by atoms with Crippen molar-refractivity contribution in [1.29, 1.82) is 0 Å².